The lowest BCUT2D eigenvalue weighted by molar-refractivity contribution is 0.357. The fourth-order valence-corrected chi connectivity index (χ4v) is 2.14. The molecule has 0 unspecified atom stereocenters. The van der Waals surface area contributed by atoms with Crippen LogP contribution in [0.5, 0.6) is 5.75 Å². The van der Waals surface area contributed by atoms with Crippen molar-refractivity contribution in [2.75, 3.05) is 6.61 Å². The molecule has 0 spiro atoms. The molecule has 0 aliphatic carbocycles. The minimum Gasteiger partial charge on any atom is -0.493 e. The Morgan fingerprint density at radius 1 is 1.38 bits per heavy atom. The summed E-state index contributed by atoms with van der Waals surface area (Å²) in [6.45, 7) is 5.02. The van der Waals surface area contributed by atoms with Crippen LogP contribution in [0.15, 0.2) is 18.2 Å². The predicted molar refractivity (Wildman–Crippen MR) is 66.8 cm³/mol. The summed E-state index contributed by atoms with van der Waals surface area (Å²) in [5.41, 5.74) is 8.70. The van der Waals surface area contributed by atoms with Crippen LogP contribution >= 0.6 is 0 Å². The van der Waals surface area contributed by atoms with Crippen LogP contribution in [-0.2, 0) is 12.8 Å². The van der Waals surface area contributed by atoms with Crippen LogP contribution in [0.3, 0.4) is 0 Å². The predicted octanol–water partition coefficient (Wildman–Crippen LogP) is 2.68. The Hall–Kier alpha value is -1.02. The van der Waals surface area contributed by atoms with Gasteiger partial charge in [-0.15, -0.1) is 0 Å². The third-order valence-electron chi connectivity index (χ3n) is 3.04. The van der Waals surface area contributed by atoms with E-state index in [2.05, 4.69) is 32.0 Å². The summed E-state index contributed by atoms with van der Waals surface area (Å²) in [5, 5.41) is 0. The minimum absolute atomic E-state index is 0.0418. The molecule has 2 N–H and O–H groups in total. The zero-order valence-electron chi connectivity index (χ0n) is 10.3. The maximum atomic E-state index is 5.97. The number of hydrogen-bond acceptors (Lipinski definition) is 2. The summed E-state index contributed by atoms with van der Waals surface area (Å²) in [4.78, 5) is 0. The first kappa shape index (κ1) is 11.5. The molecule has 2 rings (SSSR count). The van der Waals surface area contributed by atoms with Crippen molar-refractivity contribution in [2.24, 2.45) is 5.73 Å². The maximum Gasteiger partial charge on any atom is 0.122 e. The fourth-order valence-electron chi connectivity index (χ4n) is 2.14. The van der Waals surface area contributed by atoms with E-state index in [4.69, 9.17) is 10.5 Å². The summed E-state index contributed by atoms with van der Waals surface area (Å²) in [5.74, 6) is 1.07. The van der Waals surface area contributed by atoms with E-state index >= 15 is 0 Å². The van der Waals surface area contributed by atoms with Gasteiger partial charge in [0.05, 0.1) is 6.61 Å². The van der Waals surface area contributed by atoms with Gasteiger partial charge in [-0.25, -0.2) is 0 Å². The highest BCUT2D eigenvalue weighted by atomic mass is 16.5. The molecule has 0 atom stereocenters. The molecule has 1 aromatic carbocycles. The van der Waals surface area contributed by atoms with E-state index in [0.29, 0.717) is 0 Å². The lowest BCUT2D eigenvalue weighted by Gasteiger charge is -2.17. The highest BCUT2D eigenvalue weighted by Crippen LogP contribution is 2.26. The molecule has 1 aromatic rings. The quantitative estimate of drug-likeness (QED) is 0.845. The van der Waals surface area contributed by atoms with Crippen LogP contribution in [-0.4, -0.2) is 12.1 Å². The van der Waals surface area contributed by atoms with Crippen molar-refractivity contribution in [3.8, 4) is 5.75 Å². The van der Waals surface area contributed by atoms with Crippen molar-refractivity contribution in [3.63, 3.8) is 0 Å². The molecule has 1 heterocycles. The highest BCUT2D eigenvalue weighted by molar-refractivity contribution is 5.39. The van der Waals surface area contributed by atoms with Crippen LogP contribution in [0.25, 0.3) is 0 Å². The standard InChI is InChI=1S/C14H21NO/c1-14(2,15)8-3-4-11-5-6-13-12(10-11)7-9-16-13/h5-6,10H,3-4,7-9,15H2,1-2H3. The Bertz CT molecular complexity index is 365. The zero-order chi connectivity index (χ0) is 11.6. The molecule has 0 saturated heterocycles. The maximum absolute atomic E-state index is 5.97. The Labute approximate surface area is 97.8 Å². The van der Waals surface area contributed by atoms with Crippen LogP contribution in [0.4, 0.5) is 0 Å². The van der Waals surface area contributed by atoms with Gasteiger partial charge >= 0.3 is 0 Å². The third kappa shape index (κ3) is 2.99. The first-order valence-electron chi connectivity index (χ1n) is 6.08. The van der Waals surface area contributed by atoms with E-state index in [0.717, 1.165) is 38.0 Å². The SMILES string of the molecule is CC(C)(N)CCCc1ccc2c(c1)CCO2. The van der Waals surface area contributed by atoms with Gasteiger partial charge in [0.2, 0.25) is 0 Å². The molecule has 0 fully saturated rings. The van der Waals surface area contributed by atoms with Crippen molar-refractivity contribution in [1.29, 1.82) is 0 Å². The van der Waals surface area contributed by atoms with Gasteiger partial charge in [-0.2, -0.15) is 0 Å². The molecule has 88 valence electrons. The Morgan fingerprint density at radius 2 is 2.19 bits per heavy atom. The minimum atomic E-state index is -0.0418. The van der Waals surface area contributed by atoms with E-state index in [1.54, 1.807) is 0 Å². The number of benzene rings is 1. The van der Waals surface area contributed by atoms with Crippen LogP contribution in [0.1, 0.15) is 37.8 Å². The van der Waals surface area contributed by atoms with Gasteiger partial charge in [-0.3, -0.25) is 0 Å². The van der Waals surface area contributed by atoms with E-state index in [1.165, 1.54) is 11.1 Å². The zero-order valence-corrected chi connectivity index (χ0v) is 10.3. The molecule has 0 aromatic heterocycles. The second-order valence-electron chi connectivity index (χ2n) is 5.38. The summed E-state index contributed by atoms with van der Waals surface area (Å²) in [6, 6.07) is 6.56. The van der Waals surface area contributed by atoms with Gasteiger partial charge in [0.1, 0.15) is 5.75 Å². The van der Waals surface area contributed by atoms with Gasteiger partial charge in [-0.1, -0.05) is 12.1 Å². The summed E-state index contributed by atoms with van der Waals surface area (Å²) >= 11 is 0. The molecule has 1 aliphatic heterocycles. The van der Waals surface area contributed by atoms with Crippen molar-refractivity contribution in [1.82, 2.24) is 0 Å². The van der Waals surface area contributed by atoms with Crippen LogP contribution in [0, 0.1) is 0 Å². The number of nitrogens with two attached hydrogens (primary N) is 1. The topological polar surface area (TPSA) is 35.2 Å². The van der Waals surface area contributed by atoms with Gasteiger partial charge in [0.15, 0.2) is 0 Å². The molecule has 2 heteroatoms. The summed E-state index contributed by atoms with van der Waals surface area (Å²) in [6.07, 6.45) is 4.41. The molecular formula is C14H21NO. The van der Waals surface area contributed by atoms with Crippen molar-refractivity contribution >= 4 is 0 Å². The number of rotatable bonds is 4. The van der Waals surface area contributed by atoms with Gasteiger partial charge in [0.25, 0.3) is 0 Å². The van der Waals surface area contributed by atoms with E-state index < -0.39 is 0 Å². The van der Waals surface area contributed by atoms with E-state index in [1.807, 2.05) is 0 Å². The molecule has 1 aliphatic rings. The monoisotopic (exact) mass is 219 g/mol. The first-order chi connectivity index (χ1) is 7.54. The number of hydrogen-bond donors (Lipinski definition) is 1. The van der Waals surface area contributed by atoms with Crippen molar-refractivity contribution < 1.29 is 4.74 Å². The largest absolute Gasteiger partial charge is 0.493 e. The fraction of sp³-hybridized carbons (Fsp3) is 0.571. The van der Waals surface area contributed by atoms with Crippen LogP contribution < -0.4 is 10.5 Å². The van der Waals surface area contributed by atoms with Gasteiger partial charge < -0.3 is 10.5 Å². The number of fused-ring (bicyclic) bond motifs is 1. The molecule has 16 heavy (non-hydrogen) atoms. The third-order valence-corrected chi connectivity index (χ3v) is 3.04. The van der Waals surface area contributed by atoms with Crippen molar-refractivity contribution in [2.45, 2.75) is 45.1 Å². The van der Waals surface area contributed by atoms with E-state index in [9.17, 15) is 0 Å². The Morgan fingerprint density at radius 3 is 2.94 bits per heavy atom. The van der Waals surface area contributed by atoms with Crippen LogP contribution in [0.2, 0.25) is 0 Å². The van der Waals surface area contributed by atoms with Crippen molar-refractivity contribution in [3.05, 3.63) is 29.3 Å². The molecule has 0 radical (unpaired) electrons. The van der Waals surface area contributed by atoms with Gasteiger partial charge in [-0.05, 0) is 50.3 Å². The lowest BCUT2D eigenvalue weighted by atomic mass is 9.96. The molecule has 0 bridgehead atoms. The summed E-state index contributed by atoms with van der Waals surface area (Å²) < 4.78 is 5.49. The smallest absolute Gasteiger partial charge is 0.122 e. The Balaban J connectivity index is 1.91. The molecule has 2 nitrogen and oxygen atoms in total. The highest BCUT2D eigenvalue weighted by Gasteiger charge is 2.13. The lowest BCUT2D eigenvalue weighted by Crippen LogP contribution is -2.31. The van der Waals surface area contributed by atoms with E-state index in [-0.39, 0.29) is 5.54 Å². The average Bonchev–Trinajstić information content (AvgIpc) is 2.62. The number of aryl methyl sites for hydroxylation is 1. The Kier molecular flexibility index (Phi) is 3.20. The summed E-state index contributed by atoms with van der Waals surface area (Å²) in [7, 11) is 0. The number of ether oxygens (including phenoxy) is 1. The molecule has 0 saturated carbocycles. The normalized spacial score (nSPS) is 14.7. The average molecular weight is 219 g/mol. The van der Waals surface area contributed by atoms with Gasteiger partial charge in [0, 0.05) is 12.0 Å². The first-order valence-corrected chi connectivity index (χ1v) is 6.08. The molecular weight excluding hydrogens is 198 g/mol. The second kappa shape index (κ2) is 4.46. The molecule has 0 amide bonds. The second-order valence-corrected chi connectivity index (χ2v) is 5.38.